The first-order valence-electron chi connectivity index (χ1n) is 8.62. The average Bonchev–Trinajstić information content (AvgIpc) is 3.28. The molecule has 3 aromatic rings. The fourth-order valence-corrected chi connectivity index (χ4v) is 4.40. The summed E-state index contributed by atoms with van der Waals surface area (Å²) in [6.45, 7) is 4.24. The Bertz CT molecular complexity index is 920. The SMILES string of the molecule is CC(=O)Nc1nnc(SCc2ccc(-n3cnc(CCCN)c3)cc2C)s1. The van der Waals surface area contributed by atoms with Crippen molar-refractivity contribution in [1.82, 2.24) is 19.7 Å². The maximum Gasteiger partial charge on any atom is 0.223 e. The van der Waals surface area contributed by atoms with Gasteiger partial charge in [0, 0.05) is 24.6 Å². The Kier molecular flexibility index (Phi) is 6.59. The largest absolute Gasteiger partial charge is 0.330 e. The fourth-order valence-electron chi connectivity index (χ4n) is 2.53. The standard InChI is InChI=1S/C18H22N6OS2/c1-12-8-16(24-9-15(20-11-24)4-3-7-19)6-5-14(12)10-26-18-23-22-17(27-18)21-13(2)25/h5-6,8-9,11H,3-4,7,10,19H2,1-2H3,(H,21,22,25). The zero-order chi connectivity index (χ0) is 19.2. The van der Waals surface area contributed by atoms with Gasteiger partial charge in [-0.3, -0.25) is 4.79 Å². The molecule has 0 saturated carbocycles. The summed E-state index contributed by atoms with van der Waals surface area (Å²) in [5.41, 5.74) is 10.2. The van der Waals surface area contributed by atoms with Crippen LogP contribution in [0.5, 0.6) is 0 Å². The Hall–Kier alpha value is -2.23. The van der Waals surface area contributed by atoms with Gasteiger partial charge < -0.3 is 15.6 Å². The van der Waals surface area contributed by atoms with Crippen LogP contribution in [-0.2, 0) is 17.0 Å². The number of amides is 1. The van der Waals surface area contributed by atoms with Crippen LogP contribution in [-0.4, -0.2) is 32.2 Å². The fraction of sp³-hybridized carbons (Fsp3) is 0.333. The third-order valence-corrected chi connectivity index (χ3v) is 5.96. The van der Waals surface area contributed by atoms with Gasteiger partial charge in [0.15, 0.2) is 4.34 Å². The van der Waals surface area contributed by atoms with E-state index in [0.29, 0.717) is 11.7 Å². The number of benzene rings is 1. The molecule has 7 nitrogen and oxygen atoms in total. The summed E-state index contributed by atoms with van der Waals surface area (Å²) in [6.07, 6.45) is 5.75. The zero-order valence-electron chi connectivity index (χ0n) is 15.3. The van der Waals surface area contributed by atoms with Crippen molar-refractivity contribution in [3.8, 4) is 5.69 Å². The van der Waals surface area contributed by atoms with Gasteiger partial charge in [0.25, 0.3) is 0 Å². The molecule has 0 aliphatic rings. The number of carbonyl (C=O) groups is 1. The van der Waals surface area contributed by atoms with E-state index >= 15 is 0 Å². The van der Waals surface area contributed by atoms with Crippen LogP contribution in [0.1, 0.15) is 30.2 Å². The van der Waals surface area contributed by atoms with E-state index in [-0.39, 0.29) is 5.91 Å². The number of nitrogens with one attached hydrogen (secondary N) is 1. The van der Waals surface area contributed by atoms with Crippen LogP contribution in [0.15, 0.2) is 35.1 Å². The molecule has 9 heteroatoms. The molecule has 0 saturated heterocycles. The number of aryl methyl sites for hydroxylation is 2. The molecule has 3 N–H and O–H groups in total. The third kappa shape index (κ3) is 5.38. The summed E-state index contributed by atoms with van der Waals surface area (Å²) in [4.78, 5) is 15.5. The number of nitrogens with two attached hydrogens (primary N) is 1. The number of nitrogens with zero attached hydrogens (tertiary/aromatic N) is 4. The average molecular weight is 403 g/mol. The van der Waals surface area contributed by atoms with E-state index < -0.39 is 0 Å². The van der Waals surface area contributed by atoms with Crippen molar-refractivity contribution in [2.45, 2.75) is 36.8 Å². The predicted octanol–water partition coefficient (Wildman–Crippen LogP) is 3.17. The van der Waals surface area contributed by atoms with Crippen molar-refractivity contribution in [2.75, 3.05) is 11.9 Å². The molecule has 0 spiro atoms. The van der Waals surface area contributed by atoms with Gasteiger partial charge in [0.1, 0.15) is 0 Å². The topological polar surface area (TPSA) is 98.7 Å². The number of hydrogen-bond acceptors (Lipinski definition) is 7. The number of thioether (sulfide) groups is 1. The molecule has 2 aromatic heterocycles. The second-order valence-corrected chi connectivity index (χ2v) is 8.32. The van der Waals surface area contributed by atoms with Crippen LogP contribution in [0.25, 0.3) is 5.69 Å². The molecule has 0 aliphatic heterocycles. The normalized spacial score (nSPS) is 10.9. The lowest BCUT2D eigenvalue weighted by Crippen LogP contribution is -2.04. The lowest BCUT2D eigenvalue weighted by Gasteiger charge is -2.08. The summed E-state index contributed by atoms with van der Waals surface area (Å²) in [5.74, 6) is 0.659. The molecule has 0 aliphatic carbocycles. The Morgan fingerprint density at radius 1 is 1.37 bits per heavy atom. The highest BCUT2D eigenvalue weighted by molar-refractivity contribution is 8.00. The third-order valence-electron chi connectivity index (χ3n) is 3.94. The second-order valence-electron chi connectivity index (χ2n) is 6.12. The van der Waals surface area contributed by atoms with Gasteiger partial charge in [0.2, 0.25) is 11.0 Å². The molecular formula is C18H22N6OS2. The molecule has 0 unspecified atom stereocenters. The number of hydrogen-bond donors (Lipinski definition) is 2. The van der Waals surface area contributed by atoms with E-state index in [1.54, 1.807) is 11.8 Å². The van der Waals surface area contributed by atoms with Crippen LogP contribution >= 0.6 is 23.1 Å². The lowest BCUT2D eigenvalue weighted by molar-refractivity contribution is -0.114. The Balaban J connectivity index is 1.63. The first-order chi connectivity index (χ1) is 13.0. The van der Waals surface area contributed by atoms with Crippen LogP contribution in [0, 0.1) is 6.92 Å². The molecule has 27 heavy (non-hydrogen) atoms. The minimum absolute atomic E-state index is 0.139. The van der Waals surface area contributed by atoms with Gasteiger partial charge in [-0.05, 0) is 49.6 Å². The van der Waals surface area contributed by atoms with E-state index in [2.05, 4.69) is 51.8 Å². The van der Waals surface area contributed by atoms with Gasteiger partial charge in [-0.1, -0.05) is 29.2 Å². The van der Waals surface area contributed by atoms with Gasteiger partial charge in [-0.2, -0.15) is 0 Å². The van der Waals surface area contributed by atoms with Crippen molar-refractivity contribution in [3.63, 3.8) is 0 Å². The van der Waals surface area contributed by atoms with E-state index in [1.807, 2.05) is 10.9 Å². The van der Waals surface area contributed by atoms with Crippen LogP contribution in [0.3, 0.4) is 0 Å². The van der Waals surface area contributed by atoms with Gasteiger partial charge in [0.05, 0.1) is 12.0 Å². The van der Waals surface area contributed by atoms with Gasteiger partial charge >= 0.3 is 0 Å². The highest BCUT2D eigenvalue weighted by Crippen LogP contribution is 2.29. The highest BCUT2D eigenvalue weighted by Gasteiger charge is 2.08. The van der Waals surface area contributed by atoms with E-state index in [4.69, 9.17) is 5.73 Å². The summed E-state index contributed by atoms with van der Waals surface area (Å²) >= 11 is 3.00. The van der Waals surface area contributed by atoms with Gasteiger partial charge in [-0.25, -0.2) is 4.98 Å². The van der Waals surface area contributed by atoms with Crippen LogP contribution in [0.2, 0.25) is 0 Å². The van der Waals surface area contributed by atoms with E-state index in [0.717, 1.165) is 34.3 Å². The van der Waals surface area contributed by atoms with Crippen LogP contribution < -0.4 is 11.1 Å². The Labute approximate surface area is 166 Å². The minimum atomic E-state index is -0.139. The summed E-state index contributed by atoms with van der Waals surface area (Å²) in [6, 6.07) is 6.39. The Morgan fingerprint density at radius 2 is 2.22 bits per heavy atom. The molecule has 0 bridgehead atoms. The summed E-state index contributed by atoms with van der Waals surface area (Å²) in [5, 5.41) is 11.3. The number of carbonyl (C=O) groups excluding carboxylic acids is 1. The highest BCUT2D eigenvalue weighted by atomic mass is 32.2. The number of rotatable bonds is 8. The summed E-state index contributed by atoms with van der Waals surface area (Å²) < 4.78 is 2.88. The van der Waals surface area contributed by atoms with Crippen molar-refractivity contribution in [2.24, 2.45) is 5.73 Å². The predicted molar refractivity (Wildman–Crippen MR) is 109 cm³/mol. The molecule has 0 radical (unpaired) electrons. The van der Waals surface area contributed by atoms with Crippen molar-refractivity contribution in [1.29, 1.82) is 0 Å². The smallest absolute Gasteiger partial charge is 0.223 e. The maximum absolute atomic E-state index is 11.1. The van der Waals surface area contributed by atoms with Gasteiger partial charge in [-0.15, -0.1) is 10.2 Å². The van der Waals surface area contributed by atoms with Crippen molar-refractivity contribution < 1.29 is 4.79 Å². The molecule has 1 amide bonds. The van der Waals surface area contributed by atoms with E-state index in [1.165, 1.54) is 29.4 Å². The monoisotopic (exact) mass is 402 g/mol. The quantitative estimate of drug-likeness (QED) is 0.443. The van der Waals surface area contributed by atoms with Crippen molar-refractivity contribution >= 4 is 34.1 Å². The molecule has 2 heterocycles. The molecule has 0 fully saturated rings. The molecule has 0 atom stereocenters. The van der Waals surface area contributed by atoms with Crippen LogP contribution in [0.4, 0.5) is 5.13 Å². The number of anilines is 1. The second kappa shape index (κ2) is 9.12. The number of imidazole rings is 1. The maximum atomic E-state index is 11.1. The molecule has 3 rings (SSSR count). The molecule has 1 aromatic carbocycles. The molecule has 142 valence electrons. The number of aromatic nitrogens is 4. The minimum Gasteiger partial charge on any atom is -0.330 e. The zero-order valence-corrected chi connectivity index (χ0v) is 16.9. The molecular weight excluding hydrogens is 380 g/mol. The van der Waals surface area contributed by atoms with E-state index in [9.17, 15) is 4.79 Å². The lowest BCUT2D eigenvalue weighted by atomic mass is 10.1. The first kappa shape index (κ1) is 19.5. The Morgan fingerprint density at radius 3 is 2.96 bits per heavy atom. The first-order valence-corrected chi connectivity index (χ1v) is 10.4. The summed E-state index contributed by atoms with van der Waals surface area (Å²) in [7, 11) is 0. The van der Waals surface area contributed by atoms with Crippen molar-refractivity contribution in [3.05, 3.63) is 47.5 Å².